The third kappa shape index (κ3) is 4.40. The molecule has 2 heterocycles. The van der Waals surface area contributed by atoms with Crippen LogP contribution in [0.5, 0.6) is 0 Å². The molecule has 0 spiro atoms. The SMILES string of the molecule is C=CCN1C(=N/C=C(\C#N)C(=O)Nc2ccccc2)SC2CS(=O)(=O)CC21. The first-order valence-electron chi connectivity index (χ1n) is 8.22. The Morgan fingerprint density at radius 3 is 2.81 bits per heavy atom. The molecule has 7 nitrogen and oxygen atoms in total. The number of amidine groups is 1. The minimum atomic E-state index is -3.05. The molecule has 1 amide bonds. The van der Waals surface area contributed by atoms with Gasteiger partial charge >= 0.3 is 0 Å². The van der Waals surface area contributed by atoms with Gasteiger partial charge < -0.3 is 10.2 Å². The Morgan fingerprint density at radius 1 is 1.41 bits per heavy atom. The zero-order valence-corrected chi connectivity index (χ0v) is 16.0. The van der Waals surface area contributed by atoms with E-state index >= 15 is 0 Å². The fourth-order valence-electron chi connectivity index (χ4n) is 2.98. The molecule has 27 heavy (non-hydrogen) atoms. The number of fused-ring (bicyclic) bond motifs is 1. The van der Waals surface area contributed by atoms with Gasteiger partial charge in [-0.2, -0.15) is 5.26 Å². The van der Waals surface area contributed by atoms with E-state index in [0.717, 1.165) is 0 Å². The highest BCUT2D eigenvalue weighted by molar-refractivity contribution is 8.15. The predicted molar refractivity (Wildman–Crippen MR) is 107 cm³/mol. The van der Waals surface area contributed by atoms with E-state index in [2.05, 4.69) is 16.9 Å². The van der Waals surface area contributed by atoms with Gasteiger partial charge in [0.2, 0.25) is 0 Å². The fraction of sp³-hybridized carbons (Fsp3) is 0.278. The molecule has 3 rings (SSSR count). The summed E-state index contributed by atoms with van der Waals surface area (Å²) < 4.78 is 23.7. The van der Waals surface area contributed by atoms with Crippen LogP contribution >= 0.6 is 11.8 Å². The van der Waals surface area contributed by atoms with Crippen molar-refractivity contribution in [1.29, 1.82) is 5.26 Å². The van der Waals surface area contributed by atoms with Crippen LogP contribution in [-0.4, -0.2) is 53.7 Å². The number of hydrogen-bond acceptors (Lipinski definition) is 6. The summed E-state index contributed by atoms with van der Waals surface area (Å²) in [5, 5.41) is 12.4. The first kappa shape index (κ1) is 19.2. The summed E-state index contributed by atoms with van der Waals surface area (Å²) in [7, 11) is -3.05. The van der Waals surface area contributed by atoms with Gasteiger partial charge in [0.25, 0.3) is 5.91 Å². The second kappa shape index (κ2) is 7.98. The number of anilines is 1. The Kier molecular flexibility index (Phi) is 5.68. The number of benzene rings is 1. The highest BCUT2D eigenvalue weighted by Crippen LogP contribution is 2.38. The van der Waals surface area contributed by atoms with Gasteiger partial charge in [-0.05, 0) is 12.1 Å². The highest BCUT2D eigenvalue weighted by Gasteiger charge is 2.48. The van der Waals surface area contributed by atoms with Crippen LogP contribution in [0.3, 0.4) is 0 Å². The van der Waals surface area contributed by atoms with E-state index in [1.165, 1.54) is 18.0 Å². The number of aliphatic imine (C=N–C) groups is 1. The molecule has 1 aromatic carbocycles. The quantitative estimate of drug-likeness (QED) is 0.458. The Bertz CT molecular complexity index is 949. The van der Waals surface area contributed by atoms with E-state index in [-0.39, 0.29) is 28.4 Å². The topological polar surface area (TPSA) is 103 Å². The molecule has 0 saturated carbocycles. The van der Waals surface area contributed by atoms with Crippen molar-refractivity contribution >= 4 is 38.4 Å². The molecule has 2 unspecified atom stereocenters. The van der Waals surface area contributed by atoms with E-state index in [1.807, 2.05) is 17.0 Å². The summed E-state index contributed by atoms with van der Waals surface area (Å²) >= 11 is 1.36. The van der Waals surface area contributed by atoms with Gasteiger partial charge in [0.15, 0.2) is 15.0 Å². The summed E-state index contributed by atoms with van der Waals surface area (Å²) in [6.07, 6.45) is 2.91. The van der Waals surface area contributed by atoms with Gasteiger partial charge in [-0.25, -0.2) is 13.4 Å². The molecule has 0 aliphatic carbocycles. The molecule has 0 bridgehead atoms. The third-order valence-corrected chi connectivity index (χ3v) is 7.46. The number of carbonyl (C=O) groups excluding carboxylic acids is 1. The van der Waals surface area contributed by atoms with Crippen LogP contribution in [0, 0.1) is 11.3 Å². The van der Waals surface area contributed by atoms with Crippen LogP contribution < -0.4 is 5.32 Å². The minimum Gasteiger partial charge on any atom is -0.342 e. The van der Waals surface area contributed by atoms with Crippen molar-refractivity contribution in [3.63, 3.8) is 0 Å². The largest absolute Gasteiger partial charge is 0.342 e. The highest BCUT2D eigenvalue weighted by atomic mass is 32.2. The Morgan fingerprint density at radius 2 is 2.15 bits per heavy atom. The number of sulfone groups is 1. The Labute approximate surface area is 162 Å². The first-order chi connectivity index (χ1) is 12.9. The van der Waals surface area contributed by atoms with Crippen LogP contribution in [0.25, 0.3) is 0 Å². The van der Waals surface area contributed by atoms with E-state index in [0.29, 0.717) is 17.4 Å². The first-order valence-corrected chi connectivity index (χ1v) is 10.9. The molecule has 9 heteroatoms. The Balaban J connectivity index is 1.78. The average Bonchev–Trinajstić information content (AvgIpc) is 3.09. The summed E-state index contributed by atoms with van der Waals surface area (Å²) in [5.74, 6) is -0.354. The molecule has 2 fully saturated rings. The van der Waals surface area contributed by atoms with Gasteiger partial charge in [0.1, 0.15) is 11.6 Å². The molecule has 1 aromatic rings. The second-order valence-electron chi connectivity index (χ2n) is 6.13. The van der Waals surface area contributed by atoms with E-state index in [4.69, 9.17) is 0 Å². The average molecular weight is 403 g/mol. The van der Waals surface area contributed by atoms with Crippen molar-refractivity contribution in [3.05, 3.63) is 54.8 Å². The maximum Gasteiger partial charge on any atom is 0.267 e. The lowest BCUT2D eigenvalue weighted by molar-refractivity contribution is -0.112. The minimum absolute atomic E-state index is 0.0842. The summed E-state index contributed by atoms with van der Waals surface area (Å²) in [6, 6.07) is 10.5. The molecule has 2 atom stereocenters. The molecule has 2 aliphatic rings. The molecule has 2 saturated heterocycles. The normalized spacial score (nSPS) is 25.1. The lowest BCUT2D eigenvalue weighted by Crippen LogP contribution is -2.37. The van der Waals surface area contributed by atoms with Gasteiger partial charge in [0.05, 0.1) is 23.7 Å². The van der Waals surface area contributed by atoms with Crippen molar-refractivity contribution < 1.29 is 13.2 Å². The van der Waals surface area contributed by atoms with Gasteiger partial charge in [-0.3, -0.25) is 4.79 Å². The van der Waals surface area contributed by atoms with Crippen LogP contribution in [0.2, 0.25) is 0 Å². The number of nitrogens with one attached hydrogen (secondary N) is 1. The smallest absolute Gasteiger partial charge is 0.267 e. The van der Waals surface area contributed by atoms with Crippen molar-refractivity contribution in [3.8, 4) is 6.07 Å². The number of rotatable bonds is 5. The maximum atomic E-state index is 12.2. The lowest BCUT2D eigenvalue weighted by atomic mass is 10.2. The van der Waals surface area contributed by atoms with Crippen LogP contribution in [0.15, 0.2) is 59.8 Å². The summed E-state index contributed by atoms with van der Waals surface area (Å²) in [5.41, 5.74) is 0.453. The number of carbonyl (C=O) groups is 1. The number of para-hydroxylation sites is 1. The van der Waals surface area contributed by atoms with E-state index in [9.17, 15) is 18.5 Å². The number of thioether (sulfide) groups is 1. The molecule has 2 aliphatic heterocycles. The molecule has 140 valence electrons. The van der Waals surface area contributed by atoms with Crippen LogP contribution in [0.4, 0.5) is 5.69 Å². The number of nitriles is 1. The van der Waals surface area contributed by atoms with Crippen molar-refractivity contribution in [2.24, 2.45) is 4.99 Å². The Hall–Kier alpha value is -2.57. The second-order valence-corrected chi connectivity index (χ2v) is 9.49. The van der Waals surface area contributed by atoms with E-state index in [1.54, 1.807) is 30.3 Å². The standard InChI is InChI=1S/C18H18N4O3S2/c1-2-8-22-15-11-27(24,25)12-16(15)26-18(22)20-10-13(9-19)17(23)21-14-6-4-3-5-7-14/h2-7,10,15-16H,1,8,11-12H2,(H,21,23)/b13-10+,20-18?. The summed E-state index contributed by atoms with van der Waals surface area (Å²) in [6.45, 7) is 4.16. The van der Waals surface area contributed by atoms with Crippen LogP contribution in [-0.2, 0) is 14.6 Å². The zero-order chi connectivity index (χ0) is 19.4. The monoisotopic (exact) mass is 402 g/mol. The zero-order valence-electron chi connectivity index (χ0n) is 14.4. The molecular formula is C18H18N4O3S2. The van der Waals surface area contributed by atoms with Crippen LogP contribution in [0.1, 0.15) is 0 Å². The maximum absolute atomic E-state index is 12.2. The van der Waals surface area contributed by atoms with Crippen molar-refractivity contribution in [1.82, 2.24) is 4.90 Å². The molecule has 1 N–H and O–H groups in total. The molecular weight excluding hydrogens is 384 g/mol. The molecule has 0 radical (unpaired) electrons. The summed E-state index contributed by atoms with van der Waals surface area (Å²) in [4.78, 5) is 18.4. The number of amides is 1. The number of hydrogen-bond donors (Lipinski definition) is 1. The van der Waals surface area contributed by atoms with Crippen molar-refractivity contribution in [2.45, 2.75) is 11.3 Å². The fourth-order valence-corrected chi connectivity index (χ4v) is 6.92. The van der Waals surface area contributed by atoms with Gasteiger partial charge in [-0.1, -0.05) is 36.0 Å². The number of nitrogens with zero attached hydrogens (tertiary/aromatic N) is 3. The third-order valence-electron chi connectivity index (χ3n) is 4.20. The lowest BCUT2D eigenvalue weighted by Gasteiger charge is -2.22. The van der Waals surface area contributed by atoms with E-state index < -0.39 is 15.7 Å². The van der Waals surface area contributed by atoms with Crippen molar-refractivity contribution in [2.75, 3.05) is 23.4 Å². The molecule has 0 aromatic heterocycles. The van der Waals surface area contributed by atoms with Gasteiger partial charge in [-0.15, -0.1) is 6.58 Å². The predicted octanol–water partition coefficient (Wildman–Crippen LogP) is 1.79. The van der Waals surface area contributed by atoms with Gasteiger partial charge in [0, 0.05) is 17.5 Å².